The number of nitrogens with one attached hydrogen (secondary N) is 2. The summed E-state index contributed by atoms with van der Waals surface area (Å²) in [6.45, 7) is 8.93. The lowest BCUT2D eigenvalue weighted by atomic mass is 9.99. The topological polar surface area (TPSA) is 74.9 Å². The highest BCUT2D eigenvalue weighted by molar-refractivity contribution is 7.92. The average Bonchev–Trinajstić information content (AvgIpc) is 3.31. The molecule has 1 atom stereocenters. The van der Waals surface area contributed by atoms with Gasteiger partial charge in [0, 0.05) is 5.69 Å². The molecule has 144 valence electrons. The number of carbonyl (C=O) groups excluding carboxylic acids is 1. The maximum Gasteiger partial charge on any atom is 0.332 e. The molecular weight excluding hydrogens is 372 g/mol. The highest BCUT2D eigenvalue weighted by Gasteiger charge is 2.26. The van der Waals surface area contributed by atoms with Crippen LogP contribution in [0.2, 0.25) is 0 Å². The van der Waals surface area contributed by atoms with Crippen LogP contribution in [0.3, 0.4) is 0 Å². The zero-order valence-corrected chi connectivity index (χ0v) is 16.6. The van der Waals surface area contributed by atoms with Gasteiger partial charge in [0.15, 0.2) is 4.47 Å². The van der Waals surface area contributed by atoms with Gasteiger partial charge in [-0.15, -0.1) is 4.95 Å². The second-order valence-electron chi connectivity index (χ2n) is 7.31. The minimum absolute atomic E-state index is 0.313. The van der Waals surface area contributed by atoms with E-state index in [1.807, 2.05) is 6.92 Å². The fraction of sp³-hybridized carbons (Fsp3) is 0.333. The normalized spacial score (nSPS) is 16.4. The minimum Gasteiger partial charge on any atom is -0.307 e. The fourth-order valence-electron chi connectivity index (χ4n) is 4.14. The molecule has 2 aromatic carbocycles. The average molecular weight is 395 g/mol. The molecule has 0 spiro atoms. The minimum atomic E-state index is -3.37. The van der Waals surface area contributed by atoms with Gasteiger partial charge in [-0.2, -0.15) is 6.57 Å². The fourth-order valence-corrected chi connectivity index (χ4v) is 5.31. The standard InChI is InChI=1S/C21H22N4O2S/c1-14-9-11-17(12-10-14)28(27,25-22-2)24-21(26)23-20-18-7-3-5-15(18)13-16-6-4-8-19(16)20/h9-13H,3-8H2,1H3,(H2,23,24,25,26,27). The maximum atomic E-state index is 13.2. The summed E-state index contributed by atoms with van der Waals surface area (Å²) in [5.41, 5.74) is 6.86. The van der Waals surface area contributed by atoms with Crippen molar-refractivity contribution in [2.75, 3.05) is 5.32 Å². The van der Waals surface area contributed by atoms with Gasteiger partial charge in [0.05, 0.1) is 4.90 Å². The number of hydrogen-bond acceptors (Lipinski definition) is 3. The summed E-state index contributed by atoms with van der Waals surface area (Å²) in [4.78, 5) is 16.0. The monoisotopic (exact) mass is 394 g/mol. The molecule has 0 radical (unpaired) electrons. The van der Waals surface area contributed by atoms with Crippen LogP contribution in [-0.4, -0.2) is 10.2 Å². The molecule has 0 saturated carbocycles. The summed E-state index contributed by atoms with van der Waals surface area (Å²) in [5, 5.41) is 2.95. The van der Waals surface area contributed by atoms with Gasteiger partial charge < -0.3 is 5.32 Å². The first-order valence-electron chi connectivity index (χ1n) is 9.45. The lowest BCUT2D eigenvalue weighted by molar-refractivity contribution is 0.256. The number of nitrogens with zero attached hydrogens (tertiary/aromatic N) is 2. The Balaban J connectivity index is 1.65. The molecule has 0 bridgehead atoms. The number of hydrogen-bond donors (Lipinski definition) is 2. The summed E-state index contributed by atoms with van der Waals surface area (Å²) in [6.07, 6.45) is 6.12. The van der Waals surface area contributed by atoms with Crippen LogP contribution in [0.4, 0.5) is 10.5 Å². The quantitative estimate of drug-likeness (QED) is 0.599. The first-order valence-corrected chi connectivity index (χ1v) is 11.0. The van der Waals surface area contributed by atoms with E-state index in [0.717, 1.165) is 49.8 Å². The first kappa shape index (κ1) is 18.5. The van der Waals surface area contributed by atoms with Crippen molar-refractivity contribution in [3.63, 3.8) is 0 Å². The van der Waals surface area contributed by atoms with Crippen molar-refractivity contribution in [2.24, 2.45) is 4.47 Å². The van der Waals surface area contributed by atoms with E-state index in [-0.39, 0.29) is 0 Å². The van der Waals surface area contributed by atoms with Gasteiger partial charge in [-0.3, -0.25) is 0 Å². The summed E-state index contributed by atoms with van der Waals surface area (Å²) < 4.78 is 19.2. The first-order chi connectivity index (χ1) is 13.5. The van der Waals surface area contributed by atoms with Gasteiger partial charge >= 0.3 is 6.03 Å². The van der Waals surface area contributed by atoms with Crippen LogP contribution < -0.4 is 10.0 Å². The predicted octanol–water partition coefficient (Wildman–Crippen LogP) is 4.37. The molecule has 0 saturated heterocycles. The molecule has 0 aliphatic heterocycles. The van der Waals surface area contributed by atoms with Crippen molar-refractivity contribution in [3.05, 3.63) is 69.7 Å². The van der Waals surface area contributed by atoms with E-state index in [9.17, 15) is 9.00 Å². The third-order valence-corrected chi connectivity index (χ3v) is 7.12. The Bertz CT molecular complexity index is 1070. The van der Waals surface area contributed by atoms with Crippen molar-refractivity contribution in [3.8, 4) is 0 Å². The van der Waals surface area contributed by atoms with E-state index < -0.39 is 15.9 Å². The summed E-state index contributed by atoms with van der Waals surface area (Å²) >= 11 is 0. The largest absolute Gasteiger partial charge is 0.332 e. The van der Waals surface area contributed by atoms with Gasteiger partial charge in [-0.05, 0) is 79.8 Å². The number of benzene rings is 2. The molecule has 2 N–H and O–H groups in total. The molecule has 4 rings (SSSR count). The Morgan fingerprint density at radius 1 is 1.07 bits per heavy atom. The molecule has 0 fully saturated rings. The van der Waals surface area contributed by atoms with Crippen LogP contribution in [0.25, 0.3) is 4.95 Å². The zero-order valence-electron chi connectivity index (χ0n) is 15.7. The van der Waals surface area contributed by atoms with Gasteiger partial charge in [0.25, 0.3) is 0 Å². The molecule has 2 aliphatic carbocycles. The third-order valence-electron chi connectivity index (χ3n) is 5.44. The smallest absolute Gasteiger partial charge is 0.307 e. The molecule has 6 nitrogen and oxygen atoms in total. The van der Waals surface area contributed by atoms with E-state index in [1.165, 1.54) is 22.3 Å². The number of anilines is 1. The van der Waals surface area contributed by atoms with Gasteiger partial charge in [0.1, 0.15) is 0 Å². The van der Waals surface area contributed by atoms with Crippen LogP contribution in [0.5, 0.6) is 0 Å². The molecule has 0 heterocycles. The molecular formula is C21H22N4O2S. The van der Waals surface area contributed by atoms with Crippen LogP contribution in [0.15, 0.2) is 39.7 Å². The van der Waals surface area contributed by atoms with E-state index in [1.54, 1.807) is 24.3 Å². The van der Waals surface area contributed by atoms with Gasteiger partial charge in [-0.1, -0.05) is 23.8 Å². The number of aryl methyl sites for hydroxylation is 3. The molecule has 2 aliphatic rings. The third kappa shape index (κ3) is 3.36. The number of urea groups is 1. The van der Waals surface area contributed by atoms with Crippen LogP contribution >= 0.6 is 0 Å². The summed E-state index contributed by atoms with van der Waals surface area (Å²) in [5.74, 6) is 0. The Morgan fingerprint density at radius 2 is 1.68 bits per heavy atom. The van der Waals surface area contributed by atoms with E-state index in [0.29, 0.717) is 4.90 Å². The van der Waals surface area contributed by atoms with Gasteiger partial charge in [0.2, 0.25) is 9.92 Å². The van der Waals surface area contributed by atoms with E-state index >= 15 is 0 Å². The van der Waals surface area contributed by atoms with E-state index in [4.69, 9.17) is 6.57 Å². The van der Waals surface area contributed by atoms with Crippen molar-refractivity contribution in [1.29, 1.82) is 0 Å². The zero-order chi connectivity index (χ0) is 19.7. The van der Waals surface area contributed by atoms with E-state index in [2.05, 4.69) is 25.5 Å². The summed E-state index contributed by atoms with van der Waals surface area (Å²) in [6, 6.07) is 8.52. The molecule has 2 amide bonds. The van der Waals surface area contributed by atoms with Gasteiger partial charge in [-0.25, -0.2) is 13.7 Å². The molecule has 2 aromatic rings. The van der Waals surface area contributed by atoms with Crippen molar-refractivity contribution >= 4 is 21.6 Å². The maximum absolute atomic E-state index is 13.2. The Hall–Kier alpha value is -2.85. The number of fused-ring (bicyclic) bond motifs is 2. The lowest BCUT2D eigenvalue weighted by Gasteiger charge is -2.17. The van der Waals surface area contributed by atoms with Crippen LogP contribution in [-0.2, 0) is 35.6 Å². The van der Waals surface area contributed by atoms with Crippen molar-refractivity contribution in [1.82, 2.24) is 4.72 Å². The predicted molar refractivity (Wildman–Crippen MR) is 109 cm³/mol. The molecule has 0 aromatic heterocycles. The van der Waals surface area contributed by atoms with Crippen molar-refractivity contribution < 1.29 is 9.00 Å². The second-order valence-corrected chi connectivity index (χ2v) is 9.20. The Morgan fingerprint density at radius 3 is 2.25 bits per heavy atom. The second kappa shape index (κ2) is 7.28. The SMILES string of the molecule is [C-]#[N+]N=S(=O)(NC(=O)Nc1c2c(cc3c1CCC3)CCC2)c1ccc(C)cc1. The Kier molecular flexibility index (Phi) is 4.82. The summed E-state index contributed by atoms with van der Waals surface area (Å²) in [7, 11) is -3.37. The number of rotatable bonds is 3. The number of amides is 2. The molecule has 7 heteroatoms. The highest BCUT2D eigenvalue weighted by Crippen LogP contribution is 2.38. The molecule has 28 heavy (non-hydrogen) atoms. The lowest BCUT2D eigenvalue weighted by Crippen LogP contribution is -2.34. The molecule has 1 unspecified atom stereocenters. The van der Waals surface area contributed by atoms with Crippen molar-refractivity contribution in [2.45, 2.75) is 50.3 Å². The van der Waals surface area contributed by atoms with Crippen LogP contribution in [0.1, 0.15) is 40.7 Å². The Labute approximate surface area is 165 Å². The highest BCUT2D eigenvalue weighted by atomic mass is 32.2. The number of carbonyl (C=O) groups is 1. The van der Waals surface area contributed by atoms with Crippen LogP contribution in [0, 0.1) is 13.5 Å².